The number of benzene rings is 4. The molecule has 0 saturated heterocycles. The summed E-state index contributed by atoms with van der Waals surface area (Å²) in [6.45, 7) is 0.425. The molecule has 0 radical (unpaired) electrons. The summed E-state index contributed by atoms with van der Waals surface area (Å²) in [5.74, 6) is 0.547. The third-order valence-corrected chi connectivity index (χ3v) is 5.67. The first-order valence-electron chi connectivity index (χ1n) is 10.9. The van der Waals surface area contributed by atoms with Crippen molar-refractivity contribution in [2.75, 3.05) is 5.01 Å². The number of amides is 1. The van der Waals surface area contributed by atoms with Crippen molar-refractivity contribution in [3.05, 3.63) is 136 Å². The molecule has 34 heavy (non-hydrogen) atoms. The van der Waals surface area contributed by atoms with Gasteiger partial charge in [0.25, 0.3) is 5.91 Å². The standard InChI is InChI=1S/C29H21ClN2O2/c30-24-16-14-21(15-17-24)20-34-26-13-7-8-22(18-26)19-27-28(23-9-3-1-4-10-23)31-32(29(27)33)25-11-5-2-6-12-25/h1-19H,20H2/b27-19+. The van der Waals surface area contributed by atoms with Crippen LogP contribution in [0.3, 0.4) is 0 Å². The number of hydrogen-bond donors (Lipinski definition) is 0. The minimum absolute atomic E-state index is 0.169. The van der Waals surface area contributed by atoms with Gasteiger partial charge in [0.2, 0.25) is 0 Å². The van der Waals surface area contributed by atoms with Crippen molar-refractivity contribution >= 4 is 35.0 Å². The van der Waals surface area contributed by atoms with E-state index in [9.17, 15) is 4.79 Å². The van der Waals surface area contributed by atoms with Crippen LogP contribution in [0, 0.1) is 0 Å². The van der Waals surface area contributed by atoms with Crippen molar-refractivity contribution in [3.8, 4) is 5.75 Å². The fourth-order valence-corrected chi connectivity index (χ4v) is 3.83. The molecule has 0 fully saturated rings. The summed E-state index contributed by atoms with van der Waals surface area (Å²) in [5.41, 5.74) is 4.67. The highest BCUT2D eigenvalue weighted by Crippen LogP contribution is 2.28. The highest BCUT2D eigenvalue weighted by Gasteiger charge is 2.31. The molecule has 0 unspecified atom stereocenters. The molecule has 166 valence electrons. The van der Waals surface area contributed by atoms with Gasteiger partial charge in [0.1, 0.15) is 18.1 Å². The minimum atomic E-state index is -0.169. The summed E-state index contributed by atoms with van der Waals surface area (Å²) in [7, 11) is 0. The maximum atomic E-state index is 13.4. The number of nitrogens with zero attached hydrogens (tertiary/aromatic N) is 2. The molecular formula is C29H21ClN2O2. The van der Waals surface area contributed by atoms with Crippen LogP contribution >= 0.6 is 11.6 Å². The molecule has 1 amide bonds. The van der Waals surface area contributed by atoms with Crippen molar-refractivity contribution < 1.29 is 9.53 Å². The third kappa shape index (κ3) is 4.77. The van der Waals surface area contributed by atoms with Gasteiger partial charge in [0.05, 0.1) is 11.3 Å². The zero-order valence-electron chi connectivity index (χ0n) is 18.3. The molecule has 4 nitrogen and oxygen atoms in total. The Morgan fingerprint density at radius 1 is 0.824 bits per heavy atom. The van der Waals surface area contributed by atoms with Crippen LogP contribution < -0.4 is 9.75 Å². The van der Waals surface area contributed by atoms with Gasteiger partial charge in [0, 0.05) is 10.6 Å². The van der Waals surface area contributed by atoms with E-state index in [0.717, 1.165) is 22.4 Å². The Hall–Kier alpha value is -4.15. The predicted octanol–water partition coefficient (Wildman–Crippen LogP) is 6.75. The molecule has 1 aliphatic rings. The Balaban J connectivity index is 1.45. The number of anilines is 1. The van der Waals surface area contributed by atoms with Crippen LogP contribution in [0.15, 0.2) is 120 Å². The second-order valence-corrected chi connectivity index (χ2v) is 8.25. The van der Waals surface area contributed by atoms with E-state index in [0.29, 0.717) is 28.7 Å². The van der Waals surface area contributed by atoms with E-state index in [1.54, 1.807) is 0 Å². The summed E-state index contributed by atoms with van der Waals surface area (Å²) in [6.07, 6.45) is 1.87. The van der Waals surface area contributed by atoms with Gasteiger partial charge in [-0.25, -0.2) is 0 Å². The third-order valence-electron chi connectivity index (χ3n) is 5.41. The Labute approximate surface area is 203 Å². The lowest BCUT2D eigenvalue weighted by atomic mass is 10.00. The second-order valence-electron chi connectivity index (χ2n) is 7.81. The molecule has 0 saturated carbocycles. The molecule has 0 atom stereocenters. The molecule has 0 aromatic heterocycles. The second kappa shape index (κ2) is 9.77. The van der Waals surface area contributed by atoms with Gasteiger partial charge in [-0.1, -0.05) is 84.4 Å². The van der Waals surface area contributed by atoms with Gasteiger partial charge >= 0.3 is 0 Å². The van der Waals surface area contributed by atoms with Crippen molar-refractivity contribution in [1.82, 2.24) is 0 Å². The number of carbonyl (C=O) groups excluding carboxylic acids is 1. The van der Waals surface area contributed by atoms with Crippen LogP contribution in [0.4, 0.5) is 5.69 Å². The minimum Gasteiger partial charge on any atom is -0.489 e. The molecule has 0 N–H and O–H groups in total. The lowest BCUT2D eigenvalue weighted by Gasteiger charge is -2.11. The monoisotopic (exact) mass is 464 g/mol. The van der Waals surface area contributed by atoms with Crippen LogP contribution in [0.2, 0.25) is 5.02 Å². The van der Waals surface area contributed by atoms with Crippen LogP contribution in [0.5, 0.6) is 5.75 Å². The number of para-hydroxylation sites is 1. The van der Waals surface area contributed by atoms with Crippen molar-refractivity contribution in [1.29, 1.82) is 0 Å². The Kier molecular flexibility index (Phi) is 6.23. The van der Waals surface area contributed by atoms with E-state index in [4.69, 9.17) is 16.3 Å². The Morgan fingerprint density at radius 2 is 1.53 bits per heavy atom. The van der Waals surface area contributed by atoms with Gasteiger partial charge in [-0.2, -0.15) is 10.1 Å². The van der Waals surface area contributed by atoms with Gasteiger partial charge in [-0.15, -0.1) is 0 Å². The lowest BCUT2D eigenvalue weighted by molar-refractivity contribution is -0.114. The molecule has 5 rings (SSSR count). The molecule has 0 spiro atoms. The van der Waals surface area contributed by atoms with Crippen LogP contribution in [0.25, 0.3) is 6.08 Å². The average molecular weight is 465 g/mol. The predicted molar refractivity (Wildman–Crippen MR) is 137 cm³/mol. The normalized spacial score (nSPS) is 14.4. The van der Waals surface area contributed by atoms with Crippen molar-refractivity contribution in [3.63, 3.8) is 0 Å². The first-order chi connectivity index (χ1) is 16.7. The number of hydrazone groups is 1. The van der Waals surface area contributed by atoms with Crippen molar-refractivity contribution in [2.45, 2.75) is 6.61 Å². The summed E-state index contributed by atoms with van der Waals surface area (Å²) < 4.78 is 5.97. The SMILES string of the molecule is O=C1/C(=C/c2cccc(OCc3ccc(Cl)cc3)c2)C(c2ccccc2)=NN1c1ccccc1. The summed E-state index contributed by atoms with van der Waals surface area (Å²) >= 11 is 5.96. The van der Waals surface area contributed by atoms with Crippen LogP contribution in [0.1, 0.15) is 16.7 Å². The van der Waals surface area contributed by atoms with E-state index in [1.165, 1.54) is 5.01 Å². The highest BCUT2D eigenvalue weighted by atomic mass is 35.5. The molecule has 4 aromatic carbocycles. The number of ether oxygens (including phenoxy) is 1. The van der Waals surface area contributed by atoms with Gasteiger partial charge in [-0.3, -0.25) is 4.79 Å². The first-order valence-corrected chi connectivity index (χ1v) is 11.3. The average Bonchev–Trinajstić information content (AvgIpc) is 3.21. The molecule has 0 bridgehead atoms. The molecular weight excluding hydrogens is 444 g/mol. The molecule has 1 aliphatic heterocycles. The maximum Gasteiger partial charge on any atom is 0.281 e. The van der Waals surface area contributed by atoms with Crippen molar-refractivity contribution in [2.24, 2.45) is 5.10 Å². The quantitative estimate of drug-likeness (QED) is 0.296. The maximum absolute atomic E-state index is 13.4. The van der Waals surface area contributed by atoms with E-state index < -0.39 is 0 Å². The Bertz CT molecular complexity index is 1360. The fraction of sp³-hybridized carbons (Fsp3) is 0.0345. The van der Waals surface area contributed by atoms with Crippen LogP contribution in [-0.4, -0.2) is 11.6 Å². The number of hydrogen-bond acceptors (Lipinski definition) is 3. The largest absolute Gasteiger partial charge is 0.489 e. The number of carbonyl (C=O) groups is 1. The zero-order chi connectivity index (χ0) is 23.3. The first kappa shape index (κ1) is 21.7. The zero-order valence-corrected chi connectivity index (χ0v) is 19.0. The number of halogens is 1. The van der Waals surface area contributed by atoms with Gasteiger partial charge in [-0.05, 0) is 53.6 Å². The molecule has 5 heteroatoms. The van der Waals surface area contributed by atoms with Gasteiger partial charge < -0.3 is 4.74 Å². The Morgan fingerprint density at radius 3 is 2.26 bits per heavy atom. The van der Waals surface area contributed by atoms with E-state index in [2.05, 4.69) is 5.10 Å². The summed E-state index contributed by atoms with van der Waals surface area (Å²) in [5, 5.41) is 6.83. The van der Waals surface area contributed by atoms with E-state index in [1.807, 2.05) is 115 Å². The smallest absolute Gasteiger partial charge is 0.281 e. The topological polar surface area (TPSA) is 41.9 Å². The molecule has 4 aromatic rings. The summed E-state index contributed by atoms with van der Waals surface area (Å²) in [4.78, 5) is 13.4. The summed E-state index contributed by atoms with van der Waals surface area (Å²) in [6, 6.07) is 34.4. The van der Waals surface area contributed by atoms with Gasteiger partial charge in [0.15, 0.2) is 0 Å². The lowest BCUT2D eigenvalue weighted by Crippen LogP contribution is -2.21. The molecule has 0 aliphatic carbocycles. The number of rotatable bonds is 6. The van der Waals surface area contributed by atoms with E-state index in [-0.39, 0.29) is 5.91 Å². The molecule has 1 heterocycles. The fourth-order valence-electron chi connectivity index (χ4n) is 3.71. The highest BCUT2D eigenvalue weighted by molar-refractivity contribution is 6.37. The van der Waals surface area contributed by atoms with E-state index >= 15 is 0 Å². The van der Waals surface area contributed by atoms with Crippen LogP contribution in [-0.2, 0) is 11.4 Å².